The van der Waals surface area contributed by atoms with Gasteiger partial charge >= 0.3 is 0 Å². The number of rotatable bonds is 3. The number of piperidine rings is 1. The number of halogens is 1. The van der Waals surface area contributed by atoms with Gasteiger partial charge in [-0.2, -0.15) is 0 Å². The maximum Gasteiger partial charge on any atom is 0.239 e. The molecule has 2 N–H and O–H groups in total. The van der Waals surface area contributed by atoms with Crippen molar-refractivity contribution in [1.29, 1.82) is 0 Å². The molecule has 1 unspecified atom stereocenters. The molecule has 0 aromatic heterocycles. The van der Waals surface area contributed by atoms with Gasteiger partial charge in [0.1, 0.15) is 0 Å². The minimum absolute atomic E-state index is 0. The molecule has 0 radical (unpaired) electrons. The van der Waals surface area contributed by atoms with Crippen molar-refractivity contribution in [1.82, 2.24) is 20.4 Å². The molecule has 1 atom stereocenters. The molecule has 122 valence electrons. The quantitative estimate of drug-likeness (QED) is 0.405. The first-order valence-electron chi connectivity index (χ1n) is 7.65. The molecule has 2 aliphatic heterocycles. The summed E-state index contributed by atoms with van der Waals surface area (Å²) in [6.07, 6.45) is 5.24. The normalized spacial score (nSPS) is 23.6. The Hall–Kier alpha value is -0.570. The Morgan fingerprint density at radius 3 is 2.57 bits per heavy atom. The van der Waals surface area contributed by atoms with Crippen molar-refractivity contribution in [3.8, 4) is 0 Å². The summed E-state index contributed by atoms with van der Waals surface area (Å²) in [6, 6.07) is 0.647. The van der Waals surface area contributed by atoms with Crippen molar-refractivity contribution in [2.75, 3.05) is 46.8 Å². The summed E-state index contributed by atoms with van der Waals surface area (Å²) in [7, 11) is 3.43. The number of hydrogen-bond acceptors (Lipinski definition) is 3. The average molecular weight is 409 g/mol. The standard InChI is InChI=1S/C14H27N5O.HI/c1-15-13(20)10-17-14(16-2)19-9-6-12(11-19)18-7-4-3-5-8-18;/h12H,3-11H2,1-2H3,(H,15,20)(H,16,17);1H. The molecule has 0 aromatic rings. The van der Waals surface area contributed by atoms with E-state index in [0.29, 0.717) is 6.04 Å². The Bertz CT molecular complexity index is 357. The molecule has 0 bridgehead atoms. The smallest absolute Gasteiger partial charge is 0.239 e. The van der Waals surface area contributed by atoms with Gasteiger partial charge in [0.25, 0.3) is 0 Å². The fraction of sp³-hybridized carbons (Fsp3) is 0.857. The third kappa shape index (κ3) is 5.28. The molecular formula is C14H28IN5O. The van der Waals surface area contributed by atoms with E-state index in [1.165, 1.54) is 38.8 Å². The Morgan fingerprint density at radius 2 is 1.95 bits per heavy atom. The van der Waals surface area contributed by atoms with Gasteiger partial charge in [-0.05, 0) is 32.4 Å². The monoisotopic (exact) mass is 409 g/mol. The van der Waals surface area contributed by atoms with Crippen LogP contribution in [0.2, 0.25) is 0 Å². The summed E-state index contributed by atoms with van der Waals surface area (Å²) < 4.78 is 0. The Balaban J connectivity index is 0.00000220. The lowest BCUT2D eigenvalue weighted by Gasteiger charge is -2.32. The number of nitrogens with zero attached hydrogens (tertiary/aromatic N) is 3. The summed E-state index contributed by atoms with van der Waals surface area (Å²) in [6.45, 7) is 4.81. The van der Waals surface area contributed by atoms with Crippen LogP contribution < -0.4 is 10.6 Å². The SMILES string of the molecule is CN=C(NCC(=O)NC)N1CCC(N2CCCCC2)C1.I. The number of carbonyl (C=O) groups excluding carboxylic acids is 1. The molecule has 0 aromatic carbocycles. The third-order valence-corrected chi connectivity index (χ3v) is 4.27. The number of likely N-dealkylation sites (tertiary alicyclic amines) is 2. The van der Waals surface area contributed by atoms with E-state index in [1.807, 2.05) is 0 Å². The van der Waals surface area contributed by atoms with Gasteiger partial charge in [0, 0.05) is 33.2 Å². The highest BCUT2D eigenvalue weighted by atomic mass is 127. The van der Waals surface area contributed by atoms with Crippen molar-refractivity contribution in [3.63, 3.8) is 0 Å². The summed E-state index contributed by atoms with van der Waals surface area (Å²) in [5.41, 5.74) is 0. The minimum atomic E-state index is -0.0158. The highest BCUT2D eigenvalue weighted by molar-refractivity contribution is 14.0. The lowest BCUT2D eigenvalue weighted by molar-refractivity contribution is -0.119. The molecule has 7 heteroatoms. The van der Waals surface area contributed by atoms with Crippen LogP contribution in [0.4, 0.5) is 0 Å². The lowest BCUT2D eigenvalue weighted by atomic mass is 10.1. The zero-order valence-electron chi connectivity index (χ0n) is 13.1. The van der Waals surface area contributed by atoms with E-state index >= 15 is 0 Å². The largest absolute Gasteiger partial charge is 0.358 e. The lowest BCUT2D eigenvalue weighted by Crippen LogP contribution is -2.46. The van der Waals surface area contributed by atoms with Crippen LogP contribution in [-0.4, -0.2) is 74.5 Å². The van der Waals surface area contributed by atoms with Crippen LogP contribution in [0, 0.1) is 0 Å². The van der Waals surface area contributed by atoms with Crippen LogP contribution in [0.5, 0.6) is 0 Å². The van der Waals surface area contributed by atoms with Crippen LogP contribution in [-0.2, 0) is 4.79 Å². The first kappa shape index (κ1) is 18.5. The first-order chi connectivity index (χ1) is 9.74. The van der Waals surface area contributed by atoms with E-state index in [9.17, 15) is 4.79 Å². The van der Waals surface area contributed by atoms with Gasteiger partial charge in [-0.25, -0.2) is 0 Å². The highest BCUT2D eigenvalue weighted by Crippen LogP contribution is 2.20. The van der Waals surface area contributed by atoms with Crippen LogP contribution in [0.1, 0.15) is 25.7 Å². The van der Waals surface area contributed by atoms with Gasteiger partial charge in [-0.15, -0.1) is 24.0 Å². The summed E-state index contributed by atoms with van der Waals surface area (Å²) >= 11 is 0. The van der Waals surface area contributed by atoms with Gasteiger partial charge in [0.05, 0.1) is 6.54 Å². The van der Waals surface area contributed by atoms with Crippen LogP contribution in [0.15, 0.2) is 4.99 Å². The van der Waals surface area contributed by atoms with Gasteiger partial charge in [0.2, 0.25) is 5.91 Å². The minimum Gasteiger partial charge on any atom is -0.358 e. The van der Waals surface area contributed by atoms with E-state index in [4.69, 9.17) is 0 Å². The Labute approximate surface area is 144 Å². The molecule has 2 saturated heterocycles. The van der Waals surface area contributed by atoms with E-state index in [0.717, 1.165) is 19.0 Å². The maximum absolute atomic E-state index is 11.3. The van der Waals surface area contributed by atoms with E-state index in [-0.39, 0.29) is 36.4 Å². The highest BCUT2D eigenvalue weighted by Gasteiger charge is 2.29. The number of aliphatic imine (C=N–C) groups is 1. The number of hydrogen-bond donors (Lipinski definition) is 2. The number of carbonyl (C=O) groups is 1. The molecule has 2 heterocycles. The van der Waals surface area contributed by atoms with Gasteiger partial charge in [0.15, 0.2) is 5.96 Å². The number of likely N-dealkylation sites (N-methyl/N-ethyl adjacent to an activating group) is 1. The number of guanidine groups is 1. The molecule has 0 saturated carbocycles. The molecule has 0 aliphatic carbocycles. The summed E-state index contributed by atoms with van der Waals surface area (Å²) in [5, 5.41) is 5.74. The zero-order valence-corrected chi connectivity index (χ0v) is 15.4. The Morgan fingerprint density at radius 1 is 1.24 bits per heavy atom. The van der Waals surface area contributed by atoms with E-state index in [1.54, 1.807) is 14.1 Å². The van der Waals surface area contributed by atoms with Gasteiger partial charge in [-0.1, -0.05) is 6.42 Å². The average Bonchev–Trinajstić information content (AvgIpc) is 2.98. The molecule has 2 rings (SSSR count). The number of amides is 1. The van der Waals surface area contributed by atoms with E-state index in [2.05, 4.69) is 25.4 Å². The van der Waals surface area contributed by atoms with Crippen molar-refractivity contribution in [3.05, 3.63) is 0 Å². The van der Waals surface area contributed by atoms with Gasteiger partial charge < -0.3 is 15.5 Å². The van der Waals surface area contributed by atoms with Crippen molar-refractivity contribution < 1.29 is 4.79 Å². The Kier molecular flexibility index (Phi) is 8.31. The first-order valence-corrected chi connectivity index (χ1v) is 7.65. The molecule has 1 amide bonds. The second kappa shape index (κ2) is 9.45. The summed E-state index contributed by atoms with van der Waals surface area (Å²) in [4.78, 5) is 20.5. The molecule has 2 fully saturated rings. The fourth-order valence-electron chi connectivity index (χ4n) is 3.10. The van der Waals surface area contributed by atoms with Gasteiger partial charge in [-0.3, -0.25) is 14.7 Å². The van der Waals surface area contributed by atoms with Crippen molar-refractivity contribution in [2.45, 2.75) is 31.7 Å². The predicted octanol–water partition coefficient (Wildman–Crippen LogP) is 0.486. The molecule has 21 heavy (non-hydrogen) atoms. The topological polar surface area (TPSA) is 60.0 Å². The van der Waals surface area contributed by atoms with Crippen molar-refractivity contribution >= 4 is 35.8 Å². The molecular weight excluding hydrogens is 381 g/mol. The van der Waals surface area contributed by atoms with E-state index < -0.39 is 0 Å². The van der Waals surface area contributed by atoms with Crippen LogP contribution in [0.25, 0.3) is 0 Å². The second-order valence-corrected chi connectivity index (χ2v) is 5.56. The predicted molar refractivity (Wildman–Crippen MR) is 96.2 cm³/mol. The van der Waals surface area contributed by atoms with Crippen LogP contribution in [0.3, 0.4) is 0 Å². The zero-order chi connectivity index (χ0) is 14.4. The number of nitrogens with one attached hydrogen (secondary N) is 2. The fourth-order valence-corrected chi connectivity index (χ4v) is 3.10. The third-order valence-electron chi connectivity index (χ3n) is 4.27. The molecule has 2 aliphatic rings. The van der Waals surface area contributed by atoms with Crippen LogP contribution >= 0.6 is 24.0 Å². The maximum atomic E-state index is 11.3. The molecule has 6 nitrogen and oxygen atoms in total. The van der Waals surface area contributed by atoms with Crippen molar-refractivity contribution in [2.24, 2.45) is 4.99 Å². The summed E-state index contributed by atoms with van der Waals surface area (Å²) in [5.74, 6) is 0.825. The molecule has 0 spiro atoms. The second-order valence-electron chi connectivity index (χ2n) is 5.56.